The molecule has 0 aromatic carbocycles. The lowest BCUT2D eigenvalue weighted by atomic mass is 10.0. The van der Waals surface area contributed by atoms with Gasteiger partial charge in [0, 0.05) is 32.3 Å². The summed E-state index contributed by atoms with van der Waals surface area (Å²) in [4.78, 5) is 2.62. The van der Waals surface area contributed by atoms with Crippen LogP contribution in [0.3, 0.4) is 0 Å². The molecule has 1 aliphatic rings. The lowest BCUT2D eigenvalue weighted by Crippen LogP contribution is -2.43. The summed E-state index contributed by atoms with van der Waals surface area (Å²) in [6, 6.07) is 0.715. The smallest absolute Gasteiger partial charge is 0.0478 e. The molecule has 1 rings (SSSR count). The van der Waals surface area contributed by atoms with Crippen molar-refractivity contribution < 1.29 is 4.74 Å². The maximum atomic E-state index is 5.41. The van der Waals surface area contributed by atoms with E-state index in [9.17, 15) is 0 Å². The largest absolute Gasteiger partial charge is 0.382 e. The van der Waals surface area contributed by atoms with Gasteiger partial charge in [-0.25, -0.2) is 0 Å². The van der Waals surface area contributed by atoms with E-state index in [-0.39, 0.29) is 0 Å². The Bertz CT molecular complexity index is 187. The highest BCUT2D eigenvalue weighted by Crippen LogP contribution is 2.09. The summed E-state index contributed by atoms with van der Waals surface area (Å²) in [7, 11) is 0. The molecule has 0 amide bonds. The number of rotatable bonds is 6. The van der Waals surface area contributed by atoms with E-state index < -0.39 is 0 Å². The second kappa shape index (κ2) is 8.90. The first kappa shape index (κ1) is 14.9. The van der Waals surface area contributed by atoms with E-state index in [4.69, 9.17) is 4.74 Å². The van der Waals surface area contributed by atoms with Crippen LogP contribution in [0.2, 0.25) is 0 Å². The Morgan fingerprint density at radius 3 is 2.88 bits per heavy atom. The van der Waals surface area contributed by atoms with Crippen LogP contribution in [0.5, 0.6) is 0 Å². The van der Waals surface area contributed by atoms with Gasteiger partial charge in [0.15, 0.2) is 0 Å². The van der Waals surface area contributed by atoms with Gasteiger partial charge in [-0.3, -0.25) is 0 Å². The van der Waals surface area contributed by atoms with Gasteiger partial charge >= 0.3 is 0 Å². The van der Waals surface area contributed by atoms with Crippen LogP contribution in [-0.2, 0) is 4.74 Å². The normalized spacial score (nSPS) is 27.7. The van der Waals surface area contributed by atoms with Crippen molar-refractivity contribution in [1.82, 2.24) is 10.2 Å². The van der Waals surface area contributed by atoms with Crippen molar-refractivity contribution in [1.29, 1.82) is 0 Å². The molecule has 3 heteroatoms. The molecule has 0 aromatic rings. The van der Waals surface area contributed by atoms with Gasteiger partial charge in [-0.05, 0) is 45.2 Å². The second-order valence-corrected chi connectivity index (χ2v) is 5.26. The summed E-state index contributed by atoms with van der Waals surface area (Å²) in [6.07, 6.45) is 3.71. The van der Waals surface area contributed by atoms with Gasteiger partial charge in [0.05, 0.1) is 0 Å². The van der Waals surface area contributed by atoms with E-state index in [1.165, 1.54) is 45.4 Å². The quantitative estimate of drug-likeness (QED) is 0.722. The zero-order chi connectivity index (χ0) is 12.5. The molecule has 1 fully saturated rings. The van der Waals surface area contributed by atoms with Crippen LogP contribution < -0.4 is 5.32 Å². The van der Waals surface area contributed by atoms with Crippen molar-refractivity contribution in [2.75, 3.05) is 39.4 Å². The van der Waals surface area contributed by atoms with Crippen molar-refractivity contribution in [3.05, 3.63) is 0 Å². The van der Waals surface area contributed by atoms with Crippen molar-refractivity contribution >= 4 is 0 Å². The van der Waals surface area contributed by atoms with E-state index in [1.807, 2.05) is 0 Å². The van der Waals surface area contributed by atoms with Gasteiger partial charge in [0.25, 0.3) is 0 Å². The van der Waals surface area contributed by atoms with E-state index in [1.54, 1.807) is 0 Å². The zero-order valence-electron chi connectivity index (χ0n) is 11.9. The maximum Gasteiger partial charge on any atom is 0.0478 e. The lowest BCUT2D eigenvalue weighted by Gasteiger charge is -2.32. The van der Waals surface area contributed by atoms with Gasteiger partial charge < -0.3 is 15.0 Å². The fourth-order valence-corrected chi connectivity index (χ4v) is 2.49. The number of nitrogens with zero attached hydrogens (tertiary/aromatic N) is 1. The molecule has 0 bridgehead atoms. The van der Waals surface area contributed by atoms with Gasteiger partial charge in [0.1, 0.15) is 0 Å². The monoisotopic (exact) mass is 242 g/mol. The second-order valence-electron chi connectivity index (χ2n) is 5.26. The molecular formula is C14H30N2O. The van der Waals surface area contributed by atoms with Crippen LogP contribution in [0.15, 0.2) is 0 Å². The van der Waals surface area contributed by atoms with Crippen molar-refractivity contribution in [3.63, 3.8) is 0 Å². The molecule has 0 saturated carbocycles. The van der Waals surface area contributed by atoms with Crippen LogP contribution in [0, 0.1) is 5.92 Å². The molecule has 0 radical (unpaired) electrons. The van der Waals surface area contributed by atoms with E-state index in [2.05, 4.69) is 31.0 Å². The molecule has 102 valence electrons. The molecule has 17 heavy (non-hydrogen) atoms. The Labute approximate surface area is 107 Å². The van der Waals surface area contributed by atoms with Crippen LogP contribution in [-0.4, -0.2) is 50.3 Å². The first-order valence-electron chi connectivity index (χ1n) is 7.29. The number of hydrogen-bond donors (Lipinski definition) is 1. The van der Waals surface area contributed by atoms with E-state index in [0.29, 0.717) is 6.04 Å². The van der Waals surface area contributed by atoms with E-state index in [0.717, 1.165) is 19.1 Å². The lowest BCUT2D eigenvalue weighted by molar-refractivity contribution is 0.124. The summed E-state index contributed by atoms with van der Waals surface area (Å²) >= 11 is 0. The van der Waals surface area contributed by atoms with E-state index >= 15 is 0 Å². The molecule has 2 atom stereocenters. The highest BCUT2D eigenvalue weighted by molar-refractivity contribution is 4.75. The highest BCUT2D eigenvalue weighted by Gasteiger charge is 2.17. The summed E-state index contributed by atoms with van der Waals surface area (Å²) in [5.74, 6) is 0.761. The first-order valence-corrected chi connectivity index (χ1v) is 7.29. The fraction of sp³-hybridized carbons (Fsp3) is 1.00. The van der Waals surface area contributed by atoms with Crippen LogP contribution in [0.1, 0.15) is 40.0 Å². The molecule has 1 heterocycles. The summed E-state index contributed by atoms with van der Waals surface area (Å²) in [5.41, 5.74) is 0. The SMILES string of the molecule is CCOCCCN1CCC(CC)NCC(C)C1. The summed E-state index contributed by atoms with van der Waals surface area (Å²) in [5, 5.41) is 3.67. The van der Waals surface area contributed by atoms with Crippen molar-refractivity contribution in [2.24, 2.45) is 5.92 Å². The maximum absolute atomic E-state index is 5.41. The third-order valence-electron chi connectivity index (χ3n) is 3.58. The third kappa shape index (κ3) is 6.39. The minimum absolute atomic E-state index is 0.715. The third-order valence-corrected chi connectivity index (χ3v) is 3.58. The number of nitrogens with one attached hydrogen (secondary N) is 1. The minimum atomic E-state index is 0.715. The zero-order valence-corrected chi connectivity index (χ0v) is 11.9. The van der Waals surface area contributed by atoms with Gasteiger partial charge in [0.2, 0.25) is 0 Å². The van der Waals surface area contributed by atoms with Crippen molar-refractivity contribution in [2.45, 2.75) is 46.1 Å². The average Bonchev–Trinajstić information content (AvgIpc) is 2.31. The molecule has 0 aromatic heterocycles. The van der Waals surface area contributed by atoms with Crippen LogP contribution >= 0.6 is 0 Å². The summed E-state index contributed by atoms with van der Waals surface area (Å²) in [6.45, 7) is 13.3. The average molecular weight is 242 g/mol. The van der Waals surface area contributed by atoms with Gasteiger partial charge in [-0.15, -0.1) is 0 Å². The van der Waals surface area contributed by atoms with Crippen LogP contribution in [0.4, 0.5) is 0 Å². The first-order chi connectivity index (χ1) is 8.26. The highest BCUT2D eigenvalue weighted by atomic mass is 16.5. The predicted octanol–water partition coefficient (Wildman–Crippen LogP) is 2.12. The number of ether oxygens (including phenoxy) is 1. The molecule has 2 unspecified atom stereocenters. The predicted molar refractivity (Wildman–Crippen MR) is 73.4 cm³/mol. The molecule has 0 aliphatic carbocycles. The molecule has 3 nitrogen and oxygen atoms in total. The van der Waals surface area contributed by atoms with Crippen molar-refractivity contribution in [3.8, 4) is 0 Å². The Hall–Kier alpha value is -0.120. The topological polar surface area (TPSA) is 24.5 Å². The van der Waals surface area contributed by atoms with Gasteiger partial charge in [-0.2, -0.15) is 0 Å². The Morgan fingerprint density at radius 2 is 2.18 bits per heavy atom. The Morgan fingerprint density at radius 1 is 1.35 bits per heavy atom. The summed E-state index contributed by atoms with van der Waals surface area (Å²) < 4.78 is 5.41. The Balaban J connectivity index is 2.26. The molecule has 1 saturated heterocycles. The van der Waals surface area contributed by atoms with Crippen LogP contribution in [0.25, 0.3) is 0 Å². The fourth-order valence-electron chi connectivity index (χ4n) is 2.49. The minimum Gasteiger partial charge on any atom is -0.382 e. The molecule has 1 N–H and O–H groups in total. The standard InChI is InChI=1S/C14H30N2O/c1-4-14-7-9-16(8-6-10-17-5-2)12-13(3)11-15-14/h13-15H,4-12H2,1-3H3. The van der Waals surface area contributed by atoms with Gasteiger partial charge in [-0.1, -0.05) is 13.8 Å². The molecule has 0 spiro atoms. The molecular weight excluding hydrogens is 212 g/mol. The Kier molecular flexibility index (Phi) is 7.82. The number of hydrogen-bond acceptors (Lipinski definition) is 3. The molecule has 1 aliphatic heterocycles.